The molecule has 0 radical (unpaired) electrons. The van der Waals surface area contributed by atoms with E-state index in [2.05, 4.69) is 72.8 Å². The van der Waals surface area contributed by atoms with Crippen LogP contribution in [0.25, 0.3) is 0 Å². The van der Waals surface area contributed by atoms with Crippen LogP contribution in [0.4, 0.5) is 0 Å². The van der Waals surface area contributed by atoms with E-state index in [0.717, 1.165) is 121 Å². The second-order valence-corrected chi connectivity index (χ2v) is 30.5. The van der Waals surface area contributed by atoms with Crippen LogP contribution in [-0.4, -0.2) is 96.7 Å². The maximum Gasteiger partial charge on any atom is 0.472 e. The SMILES string of the molecule is CCCCCC/C=C\C=C/CCCCCCCC(=O)O[C@H](COC(=O)CCCCCCCCCCCCC(C)CC)COP(=O)(O)OC[C@@H](O)COP(=O)(O)OC[C@@H](COC(=O)CCCCCCCCC(C)C)OC(=O)CCCCCCCCCCCCCCCC(C)C. The molecule has 0 aliphatic carbocycles. The lowest BCUT2D eigenvalue weighted by Crippen LogP contribution is -2.30. The summed E-state index contributed by atoms with van der Waals surface area (Å²) >= 11 is 0. The van der Waals surface area contributed by atoms with Gasteiger partial charge in [0.1, 0.15) is 19.3 Å². The van der Waals surface area contributed by atoms with Gasteiger partial charge in [0.15, 0.2) is 12.2 Å². The Hall–Kier alpha value is -2.46. The Morgan fingerprint density at radius 1 is 0.351 bits per heavy atom. The molecule has 0 fully saturated rings. The average Bonchev–Trinajstić information content (AvgIpc) is 1.57. The van der Waals surface area contributed by atoms with Crippen molar-refractivity contribution in [2.45, 2.75) is 375 Å². The lowest BCUT2D eigenvalue weighted by atomic mass is 9.99. The van der Waals surface area contributed by atoms with Gasteiger partial charge < -0.3 is 33.8 Å². The summed E-state index contributed by atoms with van der Waals surface area (Å²) < 4.78 is 68.4. The van der Waals surface area contributed by atoms with Crippen LogP contribution in [0.1, 0.15) is 357 Å². The molecule has 3 unspecified atom stereocenters. The first-order valence-electron chi connectivity index (χ1n) is 38.2. The van der Waals surface area contributed by atoms with E-state index in [-0.39, 0.29) is 25.7 Å². The number of unbranched alkanes of at least 4 members (excludes halogenated alkanes) is 35. The van der Waals surface area contributed by atoms with Crippen molar-refractivity contribution in [3.05, 3.63) is 24.3 Å². The standard InChI is InChI=1S/C75H142O17P2/c1-8-10-11-12-13-14-15-16-17-20-23-30-35-44-51-58-74(79)91-70(62-85-72(77)56-49-42-34-29-26-25-28-33-41-48-55-68(7)9-2)64-89-93(81,82)87-60-69(76)61-88-94(83,84)90-65-71(63-86-73(78)57-50-43-38-37-40-47-54-67(5)6)92-75(80)59-52-45-36-31-24-21-18-19-22-27-32-39-46-53-66(3)4/h14-17,66-71,76H,8-13,18-65H2,1-7H3,(H,81,82)(H,83,84)/b15-14-,17-16-/t68?,69-,70-,71-/m1/s1. The molecule has 554 valence electrons. The van der Waals surface area contributed by atoms with Crippen molar-refractivity contribution in [2.75, 3.05) is 39.6 Å². The second-order valence-electron chi connectivity index (χ2n) is 27.5. The van der Waals surface area contributed by atoms with Gasteiger partial charge in [-0.15, -0.1) is 0 Å². The number of allylic oxidation sites excluding steroid dienone is 4. The summed E-state index contributed by atoms with van der Waals surface area (Å²) in [5.74, 6) is 0.118. The van der Waals surface area contributed by atoms with Crippen molar-refractivity contribution in [1.82, 2.24) is 0 Å². The van der Waals surface area contributed by atoms with Crippen molar-refractivity contribution in [3.63, 3.8) is 0 Å². The molecule has 0 amide bonds. The number of ether oxygens (including phenoxy) is 4. The summed E-state index contributed by atoms with van der Waals surface area (Å²) in [6.45, 7) is 11.8. The highest BCUT2D eigenvalue weighted by molar-refractivity contribution is 7.47. The fraction of sp³-hybridized carbons (Fsp3) is 0.893. The van der Waals surface area contributed by atoms with E-state index in [9.17, 15) is 43.2 Å². The van der Waals surface area contributed by atoms with E-state index in [1.807, 2.05) is 0 Å². The monoisotopic (exact) mass is 1380 g/mol. The summed E-state index contributed by atoms with van der Waals surface area (Å²) in [5, 5.41) is 10.6. The molecule has 0 aliphatic rings. The first-order chi connectivity index (χ1) is 45.3. The topological polar surface area (TPSA) is 237 Å². The minimum Gasteiger partial charge on any atom is -0.462 e. The Morgan fingerprint density at radius 2 is 0.628 bits per heavy atom. The second kappa shape index (κ2) is 65.2. The number of hydrogen-bond donors (Lipinski definition) is 3. The van der Waals surface area contributed by atoms with Gasteiger partial charge in [0, 0.05) is 25.7 Å². The summed E-state index contributed by atoms with van der Waals surface area (Å²) in [6.07, 6.45) is 53.6. The number of carbonyl (C=O) groups is 4. The van der Waals surface area contributed by atoms with Crippen molar-refractivity contribution >= 4 is 39.5 Å². The number of phosphoric ester groups is 2. The normalized spacial score (nSPS) is 14.6. The van der Waals surface area contributed by atoms with Gasteiger partial charge in [0.05, 0.1) is 26.4 Å². The maximum atomic E-state index is 13.1. The third-order valence-electron chi connectivity index (χ3n) is 17.1. The fourth-order valence-electron chi connectivity index (χ4n) is 10.9. The molecule has 3 N–H and O–H groups in total. The highest BCUT2D eigenvalue weighted by Gasteiger charge is 2.30. The van der Waals surface area contributed by atoms with Crippen LogP contribution in [0.2, 0.25) is 0 Å². The van der Waals surface area contributed by atoms with Crippen LogP contribution in [0, 0.1) is 17.8 Å². The van der Waals surface area contributed by atoms with Gasteiger partial charge in [-0.1, -0.05) is 304 Å². The summed E-state index contributed by atoms with van der Waals surface area (Å²) in [6, 6.07) is 0. The number of aliphatic hydroxyl groups is 1. The number of aliphatic hydroxyl groups excluding tert-OH is 1. The molecular formula is C75H142O17P2. The van der Waals surface area contributed by atoms with E-state index in [0.29, 0.717) is 31.6 Å². The Balaban J connectivity index is 5.28. The van der Waals surface area contributed by atoms with E-state index in [1.54, 1.807) is 0 Å². The predicted molar refractivity (Wildman–Crippen MR) is 381 cm³/mol. The molecule has 0 saturated heterocycles. The molecule has 0 aliphatic heterocycles. The summed E-state index contributed by atoms with van der Waals surface area (Å²) in [5.41, 5.74) is 0. The molecule has 17 nitrogen and oxygen atoms in total. The highest BCUT2D eigenvalue weighted by Crippen LogP contribution is 2.45. The smallest absolute Gasteiger partial charge is 0.462 e. The maximum absolute atomic E-state index is 13.1. The molecule has 0 heterocycles. The van der Waals surface area contributed by atoms with Gasteiger partial charge in [-0.2, -0.15) is 0 Å². The van der Waals surface area contributed by atoms with Crippen LogP contribution in [0.5, 0.6) is 0 Å². The van der Waals surface area contributed by atoms with Gasteiger partial charge in [-0.3, -0.25) is 37.3 Å². The molecule has 0 rings (SSSR count). The minimum absolute atomic E-state index is 0.0845. The van der Waals surface area contributed by atoms with Crippen molar-refractivity contribution in [3.8, 4) is 0 Å². The predicted octanol–water partition coefficient (Wildman–Crippen LogP) is 21.3. The van der Waals surface area contributed by atoms with E-state index >= 15 is 0 Å². The van der Waals surface area contributed by atoms with Crippen molar-refractivity contribution < 1.29 is 80.2 Å². The number of carbonyl (C=O) groups excluding carboxylic acids is 4. The lowest BCUT2D eigenvalue weighted by Gasteiger charge is -2.21. The third-order valence-corrected chi connectivity index (χ3v) is 19.0. The summed E-state index contributed by atoms with van der Waals surface area (Å²) in [4.78, 5) is 72.7. The number of hydrogen-bond acceptors (Lipinski definition) is 15. The Kier molecular flexibility index (Phi) is 63.5. The zero-order valence-corrected chi connectivity index (χ0v) is 62.7. The quantitative estimate of drug-likeness (QED) is 0.0169. The highest BCUT2D eigenvalue weighted by atomic mass is 31.2. The minimum atomic E-state index is -4.96. The first-order valence-corrected chi connectivity index (χ1v) is 41.2. The molecule has 6 atom stereocenters. The van der Waals surface area contributed by atoms with Crippen LogP contribution in [0.3, 0.4) is 0 Å². The first kappa shape index (κ1) is 91.5. The molecule has 0 aromatic carbocycles. The largest absolute Gasteiger partial charge is 0.472 e. The van der Waals surface area contributed by atoms with Crippen LogP contribution < -0.4 is 0 Å². The molecule has 0 aromatic heterocycles. The Labute approximate surface area is 573 Å². The van der Waals surface area contributed by atoms with Gasteiger partial charge >= 0.3 is 39.5 Å². The Bertz CT molecular complexity index is 1930. The lowest BCUT2D eigenvalue weighted by molar-refractivity contribution is -0.161. The van der Waals surface area contributed by atoms with Crippen LogP contribution in [0.15, 0.2) is 24.3 Å². The van der Waals surface area contributed by atoms with E-state index < -0.39 is 97.5 Å². The zero-order chi connectivity index (χ0) is 69.4. The molecule has 0 spiro atoms. The Morgan fingerprint density at radius 3 is 0.947 bits per heavy atom. The molecule has 0 aromatic rings. The van der Waals surface area contributed by atoms with Crippen LogP contribution in [-0.2, 0) is 65.4 Å². The van der Waals surface area contributed by atoms with Gasteiger partial charge in [0.2, 0.25) is 0 Å². The van der Waals surface area contributed by atoms with Crippen molar-refractivity contribution in [1.29, 1.82) is 0 Å². The van der Waals surface area contributed by atoms with Gasteiger partial charge in [-0.25, -0.2) is 9.13 Å². The third kappa shape index (κ3) is 66.8. The zero-order valence-electron chi connectivity index (χ0n) is 60.9. The van der Waals surface area contributed by atoms with Crippen molar-refractivity contribution in [2.24, 2.45) is 17.8 Å². The fourth-order valence-corrected chi connectivity index (χ4v) is 12.4. The van der Waals surface area contributed by atoms with Crippen LogP contribution >= 0.6 is 15.6 Å². The molecular weight excluding hydrogens is 1230 g/mol. The number of esters is 4. The average molecular weight is 1380 g/mol. The van der Waals surface area contributed by atoms with E-state index in [4.69, 9.17) is 37.0 Å². The number of rotatable bonds is 71. The molecule has 94 heavy (non-hydrogen) atoms. The number of phosphoric acid groups is 2. The summed E-state index contributed by atoms with van der Waals surface area (Å²) in [7, 11) is -9.92. The van der Waals surface area contributed by atoms with E-state index in [1.165, 1.54) is 148 Å². The van der Waals surface area contributed by atoms with Gasteiger partial charge in [0.25, 0.3) is 0 Å². The molecule has 0 saturated carbocycles. The molecule has 0 bridgehead atoms. The van der Waals surface area contributed by atoms with Gasteiger partial charge in [-0.05, 0) is 69.1 Å². The molecule has 19 heteroatoms.